The molecule has 2 atom stereocenters. The number of H-pyrrole nitrogens is 1. The highest BCUT2D eigenvalue weighted by Gasteiger charge is 2.40. The zero-order valence-corrected chi connectivity index (χ0v) is 19.1. The molecule has 2 heterocycles. The molecule has 0 bridgehead atoms. The van der Waals surface area contributed by atoms with Crippen molar-refractivity contribution in [2.45, 2.75) is 45.4 Å². The minimum atomic E-state index is -2.84. The van der Waals surface area contributed by atoms with Crippen molar-refractivity contribution in [3.8, 4) is 0 Å². The van der Waals surface area contributed by atoms with Gasteiger partial charge in [0.2, 0.25) is 0 Å². The predicted octanol–water partition coefficient (Wildman–Crippen LogP) is 6.02. The topological polar surface area (TPSA) is 67.4 Å². The number of halogens is 3. The molecule has 1 amide bonds. The molecule has 31 heavy (non-hydrogen) atoms. The highest BCUT2D eigenvalue weighted by molar-refractivity contribution is 9.10. The number of aromatic amines is 1. The van der Waals surface area contributed by atoms with Crippen LogP contribution >= 0.6 is 15.9 Å². The number of fused-ring (bicyclic) bond motifs is 3. The number of nitrogens with one attached hydrogen (secondary N) is 1. The Balaban J connectivity index is 1.68. The van der Waals surface area contributed by atoms with Crippen molar-refractivity contribution in [3.63, 3.8) is 0 Å². The number of imidazole rings is 1. The number of amides is 1. The first-order valence-corrected chi connectivity index (χ1v) is 10.9. The summed E-state index contributed by atoms with van der Waals surface area (Å²) < 4.78 is 36.2. The summed E-state index contributed by atoms with van der Waals surface area (Å²) in [4.78, 5) is 22.5. The number of likely N-dealkylation sites (tertiary alicyclic amines) is 1. The van der Waals surface area contributed by atoms with E-state index in [4.69, 9.17) is 9.72 Å². The van der Waals surface area contributed by atoms with Gasteiger partial charge in [-0.3, -0.25) is 4.90 Å². The second-order valence-electron chi connectivity index (χ2n) is 8.79. The maximum absolute atomic E-state index is 12.9. The van der Waals surface area contributed by atoms with Gasteiger partial charge in [0.05, 0.1) is 23.7 Å². The molecule has 0 aliphatic carbocycles. The van der Waals surface area contributed by atoms with Gasteiger partial charge < -0.3 is 14.5 Å². The Labute approximate surface area is 187 Å². The summed E-state index contributed by atoms with van der Waals surface area (Å²) in [5, 5.41) is 2.06. The van der Waals surface area contributed by atoms with Crippen LogP contribution in [0.5, 0.6) is 0 Å². The van der Waals surface area contributed by atoms with Gasteiger partial charge in [-0.1, -0.05) is 28.1 Å². The number of nitrogens with zero attached hydrogens (tertiary/aromatic N) is 2. The number of carbonyl (C=O) groups is 1. The quantitative estimate of drug-likeness (QED) is 0.480. The van der Waals surface area contributed by atoms with Crippen molar-refractivity contribution in [1.29, 1.82) is 0 Å². The van der Waals surface area contributed by atoms with Crippen molar-refractivity contribution in [2.24, 2.45) is 5.92 Å². The highest BCUT2D eigenvalue weighted by Crippen LogP contribution is 2.37. The van der Waals surface area contributed by atoms with Crippen LogP contribution in [0.3, 0.4) is 0 Å². The Kier molecular flexibility index (Phi) is 5.91. The molecule has 3 aromatic rings. The summed E-state index contributed by atoms with van der Waals surface area (Å²) in [5.74, 6) is 0.364. The fourth-order valence-corrected chi connectivity index (χ4v) is 4.37. The van der Waals surface area contributed by atoms with Crippen molar-refractivity contribution >= 4 is 43.8 Å². The van der Waals surface area contributed by atoms with Gasteiger partial charge in [0, 0.05) is 22.3 Å². The lowest BCUT2D eigenvalue weighted by Gasteiger charge is -2.27. The van der Waals surface area contributed by atoms with E-state index in [1.165, 1.54) is 0 Å². The van der Waals surface area contributed by atoms with E-state index < -0.39 is 24.3 Å². The van der Waals surface area contributed by atoms with Gasteiger partial charge in [-0.25, -0.2) is 9.78 Å². The highest BCUT2D eigenvalue weighted by atomic mass is 79.9. The largest absolute Gasteiger partial charge is 0.444 e. The van der Waals surface area contributed by atoms with E-state index in [9.17, 15) is 13.6 Å². The third-order valence-corrected chi connectivity index (χ3v) is 5.74. The van der Waals surface area contributed by atoms with Gasteiger partial charge >= 0.3 is 12.7 Å². The maximum Gasteiger partial charge on any atom is 0.410 e. The molecule has 0 spiro atoms. The van der Waals surface area contributed by atoms with Crippen LogP contribution in [0.1, 0.15) is 39.1 Å². The second kappa shape index (κ2) is 8.35. The number of hydrogen-bond donors (Lipinski definition) is 1. The zero-order chi connectivity index (χ0) is 22.3. The van der Waals surface area contributed by atoms with Crippen LogP contribution in [-0.4, -0.2) is 46.3 Å². The lowest BCUT2D eigenvalue weighted by molar-refractivity contribution is -0.137. The molecule has 4 rings (SSSR count). The molecule has 0 saturated carbocycles. The normalized spacial score (nSPS) is 19.6. The van der Waals surface area contributed by atoms with Gasteiger partial charge in [0.25, 0.3) is 0 Å². The molecule has 166 valence electrons. The number of aromatic nitrogens is 2. The first-order chi connectivity index (χ1) is 14.6. The van der Waals surface area contributed by atoms with Crippen LogP contribution in [0.4, 0.5) is 13.6 Å². The molecule has 1 fully saturated rings. The average Bonchev–Trinajstić information content (AvgIpc) is 3.28. The molecule has 6 nitrogen and oxygen atoms in total. The van der Waals surface area contributed by atoms with Crippen LogP contribution in [0.15, 0.2) is 34.8 Å². The molecule has 1 aromatic heterocycles. The number of hydrogen-bond acceptors (Lipinski definition) is 4. The molecular formula is C22H24BrF2N3O3. The Bertz CT molecular complexity index is 1110. The monoisotopic (exact) mass is 495 g/mol. The van der Waals surface area contributed by atoms with Gasteiger partial charge in [-0.2, -0.15) is 8.78 Å². The summed E-state index contributed by atoms with van der Waals surface area (Å²) in [5.41, 5.74) is 0.981. The summed E-state index contributed by atoms with van der Waals surface area (Å²) in [6.07, 6.45) is -0.0405. The fraction of sp³-hybridized carbons (Fsp3) is 0.455. The number of benzene rings is 2. The van der Waals surface area contributed by atoms with Crippen molar-refractivity contribution in [1.82, 2.24) is 14.9 Å². The number of alkyl halides is 2. The average molecular weight is 496 g/mol. The first kappa shape index (κ1) is 22.0. The Morgan fingerprint density at radius 2 is 2.10 bits per heavy atom. The van der Waals surface area contributed by atoms with Crippen LogP contribution in [-0.2, 0) is 9.47 Å². The lowest BCUT2D eigenvalue weighted by atomic mass is 10.1. The second-order valence-corrected chi connectivity index (χ2v) is 9.71. The van der Waals surface area contributed by atoms with Crippen LogP contribution < -0.4 is 0 Å². The van der Waals surface area contributed by atoms with E-state index >= 15 is 0 Å². The molecule has 1 N–H and O–H groups in total. The van der Waals surface area contributed by atoms with Crippen LogP contribution in [0.25, 0.3) is 21.8 Å². The van der Waals surface area contributed by atoms with E-state index in [2.05, 4.69) is 25.7 Å². The van der Waals surface area contributed by atoms with Gasteiger partial charge in [-0.05, 0) is 50.8 Å². The van der Waals surface area contributed by atoms with Crippen LogP contribution in [0, 0.1) is 5.92 Å². The van der Waals surface area contributed by atoms with E-state index in [0.717, 1.165) is 26.3 Å². The third-order valence-electron chi connectivity index (χ3n) is 5.24. The Morgan fingerprint density at radius 3 is 2.81 bits per heavy atom. The minimum absolute atomic E-state index is 0.134. The number of carbonyl (C=O) groups excluding carboxylic acids is 1. The molecule has 2 aromatic carbocycles. The molecule has 1 aliphatic rings. The molecule has 1 saturated heterocycles. The van der Waals surface area contributed by atoms with E-state index in [1.807, 2.05) is 30.3 Å². The van der Waals surface area contributed by atoms with Crippen LogP contribution in [0.2, 0.25) is 0 Å². The fourth-order valence-electron chi connectivity index (χ4n) is 3.99. The Morgan fingerprint density at radius 1 is 1.32 bits per heavy atom. The zero-order valence-electron chi connectivity index (χ0n) is 17.5. The molecular weight excluding hydrogens is 472 g/mol. The number of rotatable bonds is 4. The van der Waals surface area contributed by atoms with Crippen molar-refractivity contribution in [3.05, 3.63) is 40.6 Å². The van der Waals surface area contributed by atoms with E-state index in [0.29, 0.717) is 12.2 Å². The van der Waals surface area contributed by atoms with E-state index in [1.54, 1.807) is 25.7 Å². The smallest absolute Gasteiger partial charge is 0.410 e. The molecule has 0 radical (unpaired) electrons. The minimum Gasteiger partial charge on any atom is -0.444 e. The lowest BCUT2D eigenvalue weighted by Crippen LogP contribution is -2.37. The SMILES string of the molecule is CC(C)(C)OC(=O)N1CC(COC(F)F)CC1c1nc2ccc3cc(Br)ccc3c2[nH]1. The van der Waals surface area contributed by atoms with Crippen molar-refractivity contribution < 1.29 is 23.0 Å². The third kappa shape index (κ3) is 4.82. The Hall–Kier alpha value is -2.26. The van der Waals surface area contributed by atoms with Gasteiger partial charge in [0.1, 0.15) is 11.4 Å². The van der Waals surface area contributed by atoms with Gasteiger partial charge in [-0.15, -0.1) is 0 Å². The predicted molar refractivity (Wildman–Crippen MR) is 117 cm³/mol. The summed E-state index contributed by atoms with van der Waals surface area (Å²) >= 11 is 3.49. The first-order valence-electron chi connectivity index (χ1n) is 10.1. The van der Waals surface area contributed by atoms with Crippen molar-refractivity contribution in [2.75, 3.05) is 13.2 Å². The molecule has 1 aliphatic heterocycles. The molecule has 9 heteroatoms. The van der Waals surface area contributed by atoms with E-state index in [-0.39, 0.29) is 19.1 Å². The maximum atomic E-state index is 12.9. The summed E-state index contributed by atoms with van der Waals surface area (Å²) in [7, 11) is 0. The molecule has 2 unspecified atom stereocenters. The summed E-state index contributed by atoms with van der Waals surface area (Å²) in [6, 6.07) is 9.49. The summed E-state index contributed by atoms with van der Waals surface area (Å²) in [6.45, 7) is 2.66. The number of ether oxygens (including phenoxy) is 2. The standard InChI is InChI=1S/C22H24BrF2N3O3/c1-22(2,3)31-21(29)28-10-12(11-30-20(24)25)8-17(28)19-26-16-7-4-13-9-14(23)5-6-15(13)18(16)27-19/h4-7,9,12,17,20H,8,10-11H2,1-3H3,(H,26,27). The van der Waals surface area contributed by atoms with Gasteiger partial charge in [0.15, 0.2) is 0 Å².